The first-order chi connectivity index (χ1) is 9.01. The first kappa shape index (κ1) is 16.3. The lowest BCUT2D eigenvalue weighted by atomic mass is 10.1. The fourth-order valence-corrected chi connectivity index (χ4v) is 2.45. The predicted molar refractivity (Wildman–Crippen MR) is 65.8 cm³/mol. The number of sulfonamides is 1. The summed E-state index contributed by atoms with van der Waals surface area (Å²) < 4.78 is 62.7. The second kappa shape index (κ2) is 5.70. The van der Waals surface area contributed by atoms with Gasteiger partial charge in [-0.1, -0.05) is 6.07 Å². The van der Waals surface area contributed by atoms with Crippen LogP contribution in [0.15, 0.2) is 18.2 Å². The molecule has 0 saturated carbocycles. The van der Waals surface area contributed by atoms with Crippen LogP contribution in [0.2, 0.25) is 0 Å². The van der Waals surface area contributed by atoms with Gasteiger partial charge in [0.15, 0.2) is 0 Å². The van der Waals surface area contributed by atoms with Gasteiger partial charge in [0.25, 0.3) is 0 Å². The summed E-state index contributed by atoms with van der Waals surface area (Å²) >= 11 is 0. The van der Waals surface area contributed by atoms with Gasteiger partial charge in [-0.15, -0.1) is 0 Å². The highest BCUT2D eigenvalue weighted by atomic mass is 32.2. The van der Waals surface area contributed by atoms with Crippen LogP contribution in [0.25, 0.3) is 0 Å². The van der Waals surface area contributed by atoms with Gasteiger partial charge < -0.3 is 5.11 Å². The molecule has 0 atom stereocenters. The Hall–Kier alpha value is -1.77. The van der Waals surface area contributed by atoms with E-state index in [4.69, 9.17) is 5.11 Å². The van der Waals surface area contributed by atoms with E-state index in [1.54, 1.807) is 0 Å². The van der Waals surface area contributed by atoms with Gasteiger partial charge in [-0.25, -0.2) is 8.42 Å². The van der Waals surface area contributed by atoms with Gasteiger partial charge >= 0.3 is 12.1 Å². The molecule has 5 nitrogen and oxygen atoms in total. The highest BCUT2D eigenvalue weighted by molar-refractivity contribution is 7.92. The molecule has 20 heavy (non-hydrogen) atoms. The lowest BCUT2D eigenvalue weighted by Crippen LogP contribution is -2.20. The summed E-state index contributed by atoms with van der Waals surface area (Å²) in [4.78, 5) is 10.3. The molecule has 0 aromatic heterocycles. The number of alkyl halides is 3. The van der Waals surface area contributed by atoms with E-state index in [9.17, 15) is 26.4 Å². The summed E-state index contributed by atoms with van der Waals surface area (Å²) in [6.45, 7) is 1.44. The molecule has 0 saturated heterocycles. The largest absolute Gasteiger partial charge is 0.481 e. The number of nitrogens with one attached hydrogen (secondary N) is 1. The standard InChI is InChI=1S/C11H12F3NO4S/c1-7-2-3-8(11(12,13)14)6-9(7)15-20(18,19)5-4-10(16)17/h2-3,6,15H,4-5H2,1H3,(H,16,17). The highest BCUT2D eigenvalue weighted by Gasteiger charge is 2.31. The summed E-state index contributed by atoms with van der Waals surface area (Å²) in [5, 5.41) is 8.41. The number of carboxylic acids is 1. The third-order valence-corrected chi connectivity index (χ3v) is 3.69. The summed E-state index contributed by atoms with van der Waals surface area (Å²) in [7, 11) is -4.01. The SMILES string of the molecule is Cc1ccc(C(F)(F)F)cc1NS(=O)(=O)CCC(=O)O. The molecule has 0 spiro atoms. The molecule has 1 aromatic rings. The highest BCUT2D eigenvalue weighted by Crippen LogP contribution is 2.32. The zero-order chi connectivity index (χ0) is 15.6. The van der Waals surface area contributed by atoms with Gasteiger partial charge in [0.2, 0.25) is 10.0 Å². The van der Waals surface area contributed by atoms with Crippen LogP contribution in [0.3, 0.4) is 0 Å². The quantitative estimate of drug-likeness (QED) is 0.873. The third kappa shape index (κ3) is 4.72. The van der Waals surface area contributed by atoms with Crippen molar-refractivity contribution in [3.8, 4) is 0 Å². The van der Waals surface area contributed by atoms with Crippen LogP contribution in [0.4, 0.5) is 18.9 Å². The van der Waals surface area contributed by atoms with Crippen molar-refractivity contribution in [1.82, 2.24) is 0 Å². The van der Waals surface area contributed by atoms with Crippen molar-refractivity contribution in [2.45, 2.75) is 19.5 Å². The Morgan fingerprint density at radius 2 is 1.95 bits per heavy atom. The minimum absolute atomic E-state index is 0.217. The van der Waals surface area contributed by atoms with E-state index in [-0.39, 0.29) is 5.69 Å². The van der Waals surface area contributed by atoms with Gasteiger partial charge in [0, 0.05) is 0 Å². The van der Waals surface area contributed by atoms with Crippen LogP contribution < -0.4 is 4.72 Å². The molecule has 0 fully saturated rings. The number of benzene rings is 1. The van der Waals surface area contributed by atoms with Crippen molar-refractivity contribution in [2.24, 2.45) is 0 Å². The van der Waals surface area contributed by atoms with Crippen LogP contribution in [-0.4, -0.2) is 25.2 Å². The number of halogens is 3. The number of hydrogen-bond donors (Lipinski definition) is 2. The van der Waals surface area contributed by atoms with E-state index in [0.29, 0.717) is 11.6 Å². The van der Waals surface area contributed by atoms with Crippen molar-refractivity contribution >= 4 is 21.7 Å². The van der Waals surface area contributed by atoms with Crippen LogP contribution >= 0.6 is 0 Å². The zero-order valence-corrected chi connectivity index (χ0v) is 11.2. The van der Waals surface area contributed by atoms with Gasteiger partial charge in [-0.05, 0) is 24.6 Å². The minimum atomic E-state index is -4.59. The van der Waals surface area contributed by atoms with Crippen molar-refractivity contribution in [3.63, 3.8) is 0 Å². The fraction of sp³-hybridized carbons (Fsp3) is 0.364. The maximum absolute atomic E-state index is 12.5. The van der Waals surface area contributed by atoms with E-state index < -0.39 is 39.9 Å². The van der Waals surface area contributed by atoms with Crippen LogP contribution in [-0.2, 0) is 21.0 Å². The van der Waals surface area contributed by atoms with E-state index in [1.807, 2.05) is 4.72 Å². The molecule has 0 amide bonds. The van der Waals surface area contributed by atoms with Gasteiger partial charge in [0.05, 0.1) is 23.4 Å². The second-order valence-corrected chi connectivity index (χ2v) is 5.93. The van der Waals surface area contributed by atoms with E-state index in [1.165, 1.54) is 6.92 Å². The molecule has 0 aliphatic carbocycles. The molecule has 2 N–H and O–H groups in total. The number of rotatable bonds is 5. The monoisotopic (exact) mass is 311 g/mol. The Bertz CT molecular complexity index is 611. The van der Waals surface area contributed by atoms with E-state index >= 15 is 0 Å². The Morgan fingerprint density at radius 1 is 1.35 bits per heavy atom. The number of anilines is 1. The number of aliphatic carboxylic acids is 1. The first-order valence-corrected chi connectivity index (χ1v) is 7.06. The molecule has 0 aliphatic heterocycles. The van der Waals surface area contributed by atoms with E-state index in [0.717, 1.165) is 12.1 Å². The topological polar surface area (TPSA) is 83.5 Å². The third-order valence-electron chi connectivity index (χ3n) is 2.42. The maximum Gasteiger partial charge on any atom is 0.416 e. The molecule has 112 valence electrons. The van der Waals surface area contributed by atoms with Crippen molar-refractivity contribution in [3.05, 3.63) is 29.3 Å². The van der Waals surface area contributed by atoms with Crippen molar-refractivity contribution in [2.75, 3.05) is 10.5 Å². The smallest absolute Gasteiger partial charge is 0.416 e. The Morgan fingerprint density at radius 3 is 2.45 bits per heavy atom. The van der Waals surface area contributed by atoms with Crippen molar-refractivity contribution < 1.29 is 31.5 Å². The predicted octanol–water partition coefficient (Wildman–Crippen LogP) is 2.23. The molecular weight excluding hydrogens is 299 g/mol. The van der Waals surface area contributed by atoms with Crippen LogP contribution in [0, 0.1) is 6.92 Å². The minimum Gasteiger partial charge on any atom is -0.481 e. The average molecular weight is 311 g/mol. The average Bonchev–Trinajstić information content (AvgIpc) is 2.28. The van der Waals surface area contributed by atoms with Crippen molar-refractivity contribution in [1.29, 1.82) is 0 Å². The van der Waals surface area contributed by atoms with E-state index in [2.05, 4.69) is 0 Å². The Balaban J connectivity index is 3.00. The lowest BCUT2D eigenvalue weighted by molar-refractivity contribution is -0.138. The normalized spacial score (nSPS) is 12.2. The molecule has 9 heteroatoms. The molecule has 0 unspecified atom stereocenters. The number of carbonyl (C=O) groups is 1. The summed E-state index contributed by atoms with van der Waals surface area (Å²) in [6.07, 6.45) is -5.22. The molecular formula is C11H12F3NO4S. The number of aryl methyl sites for hydroxylation is 1. The first-order valence-electron chi connectivity index (χ1n) is 5.41. The molecule has 0 radical (unpaired) electrons. The molecule has 1 rings (SSSR count). The second-order valence-electron chi connectivity index (χ2n) is 4.09. The fourth-order valence-electron chi connectivity index (χ4n) is 1.35. The summed E-state index contributed by atoms with van der Waals surface area (Å²) in [5.41, 5.74) is -0.902. The van der Waals surface area contributed by atoms with Gasteiger partial charge in [-0.2, -0.15) is 13.2 Å². The van der Waals surface area contributed by atoms with Gasteiger partial charge in [-0.3, -0.25) is 9.52 Å². The Kier molecular flexibility index (Phi) is 4.64. The number of carboxylic acid groups (broad SMARTS) is 1. The van der Waals surface area contributed by atoms with Gasteiger partial charge in [0.1, 0.15) is 0 Å². The Labute approximate surface area is 113 Å². The van der Waals surface area contributed by atoms with Crippen LogP contribution in [0.1, 0.15) is 17.5 Å². The molecule has 1 aromatic carbocycles. The molecule has 0 aliphatic rings. The van der Waals surface area contributed by atoms with Crippen LogP contribution in [0.5, 0.6) is 0 Å². The number of hydrogen-bond acceptors (Lipinski definition) is 3. The molecule has 0 bridgehead atoms. The molecule has 0 heterocycles. The maximum atomic E-state index is 12.5. The summed E-state index contributed by atoms with van der Waals surface area (Å²) in [5.74, 6) is -2.02. The zero-order valence-electron chi connectivity index (χ0n) is 10.4. The lowest BCUT2D eigenvalue weighted by Gasteiger charge is -2.13. The summed E-state index contributed by atoms with van der Waals surface area (Å²) in [6, 6.07) is 2.65.